The number of carbonyl (C=O) groups is 1. The van der Waals surface area contributed by atoms with E-state index in [-0.39, 0.29) is 11.9 Å². The lowest BCUT2D eigenvalue weighted by atomic mass is 10.0. The Labute approximate surface area is 146 Å². The summed E-state index contributed by atoms with van der Waals surface area (Å²) in [5.41, 5.74) is 3.71. The first-order valence-electron chi connectivity index (χ1n) is 8.79. The molecule has 0 aliphatic carbocycles. The fourth-order valence-electron chi connectivity index (χ4n) is 3.00. The van der Waals surface area contributed by atoms with E-state index in [4.69, 9.17) is 4.74 Å². The molecule has 1 fully saturated rings. The van der Waals surface area contributed by atoms with Gasteiger partial charge in [-0.15, -0.1) is 0 Å². The molecule has 24 heavy (non-hydrogen) atoms. The van der Waals surface area contributed by atoms with Crippen LogP contribution in [0.3, 0.4) is 0 Å². The molecule has 5 heteroatoms. The first-order valence-corrected chi connectivity index (χ1v) is 8.79. The molecule has 1 atom stereocenters. The maximum atomic E-state index is 12.3. The highest BCUT2D eigenvalue weighted by Gasteiger charge is 2.19. The molecule has 1 amide bonds. The van der Waals surface area contributed by atoms with Crippen molar-refractivity contribution in [3.63, 3.8) is 0 Å². The normalized spacial score (nSPS) is 17.7. The van der Waals surface area contributed by atoms with Gasteiger partial charge < -0.3 is 10.1 Å². The van der Waals surface area contributed by atoms with Gasteiger partial charge in [0.15, 0.2) is 0 Å². The van der Waals surface area contributed by atoms with Crippen LogP contribution in [0.4, 0.5) is 0 Å². The molecule has 1 aliphatic heterocycles. The van der Waals surface area contributed by atoms with Crippen LogP contribution in [-0.4, -0.2) is 68.7 Å². The van der Waals surface area contributed by atoms with E-state index in [0.717, 1.165) is 44.9 Å². The Morgan fingerprint density at radius 3 is 2.46 bits per heavy atom. The van der Waals surface area contributed by atoms with Gasteiger partial charge in [0.25, 0.3) is 0 Å². The summed E-state index contributed by atoms with van der Waals surface area (Å²) in [6.45, 7) is 12.4. The zero-order chi connectivity index (χ0) is 17.5. The molecule has 1 aromatic carbocycles. The second kappa shape index (κ2) is 9.16. The van der Waals surface area contributed by atoms with E-state index in [2.05, 4.69) is 47.2 Å². The Morgan fingerprint density at radius 1 is 1.17 bits per heavy atom. The molecular weight excluding hydrogens is 302 g/mol. The highest BCUT2D eigenvalue weighted by Crippen LogP contribution is 2.16. The Bertz CT molecular complexity index is 539. The number of benzene rings is 1. The maximum Gasteiger partial charge on any atom is 0.234 e. The Morgan fingerprint density at radius 2 is 1.83 bits per heavy atom. The van der Waals surface area contributed by atoms with Crippen molar-refractivity contribution in [2.75, 3.05) is 53.0 Å². The fraction of sp³-hybridized carbons (Fsp3) is 0.632. The van der Waals surface area contributed by atoms with Crippen LogP contribution in [0.5, 0.6) is 0 Å². The molecule has 1 aliphatic rings. The number of nitrogens with zero attached hydrogens (tertiary/aromatic N) is 2. The Hall–Kier alpha value is -1.43. The number of rotatable bonds is 7. The number of nitrogens with one attached hydrogen (secondary N) is 1. The van der Waals surface area contributed by atoms with Crippen molar-refractivity contribution in [2.45, 2.75) is 26.8 Å². The van der Waals surface area contributed by atoms with Crippen molar-refractivity contribution < 1.29 is 9.53 Å². The quantitative estimate of drug-likeness (QED) is 0.826. The third kappa shape index (κ3) is 5.58. The van der Waals surface area contributed by atoms with E-state index in [1.54, 1.807) is 7.11 Å². The molecule has 0 aromatic heterocycles. The van der Waals surface area contributed by atoms with E-state index < -0.39 is 0 Å². The van der Waals surface area contributed by atoms with Crippen molar-refractivity contribution in [1.29, 1.82) is 0 Å². The fourth-order valence-corrected chi connectivity index (χ4v) is 3.00. The minimum absolute atomic E-state index is 0.0415. The molecule has 1 aromatic rings. The van der Waals surface area contributed by atoms with Crippen LogP contribution < -0.4 is 5.32 Å². The lowest BCUT2D eigenvalue weighted by Gasteiger charge is -2.34. The molecule has 0 spiro atoms. The van der Waals surface area contributed by atoms with E-state index >= 15 is 0 Å². The van der Waals surface area contributed by atoms with Crippen LogP contribution in [0.1, 0.15) is 29.7 Å². The molecule has 1 unspecified atom stereocenters. The maximum absolute atomic E-state index is 12.3. The lowest BCUT2D eigenvalue weighted by Crippen LogP contribution is -2.50. The van der Waals surface area contributed by atoms with Crippen LogP contribution in [-0.2, 0) is 9.53 Å². The van der Waals surface area contributed by atoms with Gasteiger partial charge in [0.05, 0.1) is 19.2 Å². The third-order valence-corrected chi connectivity index (χ3v) is 4.85. The van der Waals surface area contributed by atoms with Crippen molar-refractivity contribution in [3.8, 4) is 0 Å². The number of ether oxygens (including phenoxy) is 1. The smallest absolute Gasteiger partial charge is 0.234 e. The number of aryl methyl sites for hydroxylation is 2. The number of piperazine rings is 1. The Kier molecular flexibility index (Phi) is 7.21. The van der Waals surface area contributed by atoms with Gasteiger partial charge in [-0.1, -0.05) is 18.2 Å². The minimum Gasteiger partial charge on any atom is -0.383 e. The van der Waals surface area contributed by atoms with Crippen molar-refractivity contribution in [1.82, 2.24) is 15.1 Å². The number of carbonyl (C=O) groups excluding carboxylic acids is 1. The van der Waals surface area contributed by atoms with Gasteiger partial charge in [0.2, 0.25) is 5.91 Å². The summed E-state index contributed by atoms with van der Waals surface area (Å²) in [5, 5.41) is 3.12. The molecule has 1 N–H and O–H groups in total. The molecule has 2 rings (SSSR count). The zero-order valence-electron chi connectivity index (χ0n) is 15.5. The van der Waals surface area contributed by atoms with Crippen LogP contribution in [0.2, 0.25) is 0 Å². The molecule has 1 saturated heterocycles. The average Bonchev–Trinajstić information content (AvgIpc) is 2.56. The second-order valence-electron chi connectivity index (χ2n) is 6.74. The molecule has 1 heterocycles. The summed E-state index contributed by atoms with van der Waals surface area (Å²) >= 11 is 0. The molecule has 134 valence electrons. The summed E-state index contributed by atoms with van der Waals surface area (Å²) < 4.78 is 5.12. The monoisotopic (exact) mass is 333 g/mol. The van der Waals surface area contributed by atoms with Gasteiger partial charge in [-0.25, -0.2) is 0 Å². The molecule has 0 saturated carbocycles. The van der Waals surface area contributed by atoms with Crippen molar-refractivity contribution in [2.24, 2.45) is 0 Å². The molecule has 0 bridgehead atoms. The van der Waals surface area contributed by atoms with E-state index in [1.807, 2.05) is 6.92 Å². The number of hydrogen-bond acceptors (Lipinski definition) is 4. The van der Waals surface area contributed by atoms with E-state index in [1.165, 1.54) is 11.1 Å². The predicted octanol–water partition coefficient (Wildman–Crippen LogP) is 1.74. The lowest BCUT2D eigenvalue weighted by molar-refractivity contribution is -0.123. The van der Waals surface area contributed by atoms with Crippen LogP contribution in [0.15, 0.2) is 18.2 Å². The summed E-state index contributed by atoms with van der Waals surface area (Å²) in [7, 11) is 1.73. The van der Waals surface area contributed by atoms with E-state index in [0.29, 0.717) is 6.54 Å². The Balaban J connectivity index is 1.76. The summed E-state index contributed by atoms with van der Waals surface area (Å²) in [6.07, 6.45) is 0. The first kappa shape index (κ1) is 18.9. The van der Waals surface area contributed by atoms with Gasteiger partial charge in [0, 0.05) is 39.8 Å². The minimum atomic E-state index is 0.0415. The average molecular weight is 333 g/mol. The first-order chi connectivity index (χ1) is 11.5. The van der Waals surface area contributed by atoms with E-state index in [9.17, 15) is 4.79 Å². The number of amides is 1. The second-order valence-corrected chi connectivity index (χ2v) is 6.74. The predicted molar refractivity (Wildman–Crippen MR) is 97.2 cm³/mol. The summed E-state index contributed by atoms with van der Waals surface area (Å²) in [4.78, 5) is 16.9. The van der Waals surface area contributed by atoms with Gasteiger partial charge in [-0.3, -0.25) is 14.6 Å². The zero-order valence-corrected chi connectivity index (χ0v) is 15.5. The van der Waals surface area contributed by atoms with Gasteiger partial charge in [-0.05, 0) is 37.5 Å². The van der Waals surface area contributed by atoms with Crippen LogP contribution in [0.25, 0.3) is 0 Å². The van der Waals surface area contributed by atoms with Gasteiger partial charge in [0.1, 0.15) is 0 Å². The van der Waals surface area contributed by atoms with Gasteiger partial charge in [-0.2, -0.15) is 0 Å². The van der Waals surface area contributed by atoms with Crippen LogP contribution >= 0.6 is 0 Å². The topological polar surface area (TPSA) is 44.8 Å². The van der Waals surface area contributed by atoms with Crippen molar-refractivity contribution in [3.05, 3.63) is 34.9 Å². The number of hydrogen-bond donors (Lipinski definition) is 1. The van der Waals surface area contributed by atoms with Crippen molar-refractivity contribution >= 4 is 5.91 Å². The largest absolute Gasteiger partial charge is 0.383 e. The number of methoxy groups -OCH3 is 1. The molecular formula is C19H31N3O2. The summed E-state index contributed by atoms with van der Waals surface area (Å²) in [5.74, 6) is 0.103. The van der Waals surface area contributed by atoms with Crippen LogP contribution in [0, 0.1) is 13.8 Å². The molecule has 5 nitrogen and oxygen atoms in total. The SMILES string of the molecule is COCCN1CCN(CC(=O)NC(C)c2ccc(C)c(C)c2)CC1. The van der Waals surface area contributed by atoms with Gasteiger partial charge >= 0.3 is 0 Å². The third-order valence-electron chi connectivity index (χ3n) is 4.85. The molecule has 0 radical (unpaired) electrons. The highest BCUT2D eigenvalue weighted by atomic mass is 16.5. The standard InChI is InChI=1S/C19H31N3O2/c1-15-5-6-18(13-16(15)2)17(3)20-19(23)14-22-9-7-21(8-10-22)11-12-24-4/h5-6,13,17H,7-12,14H2,1-4H3,(H,20,23). The highest BCUT2D eigenvalue weighted by molar-refractivity contribution is 5.78. The summed E-state index contributed by atoms with van der Waals surface area (Å²) in [6, 6.07) is 6.42.